The van der Waals surface area contributed by atoms with E-state index in [0.29, 0.717) is 47.8 Å². The molecule has 4 aliphatic carbocycles. The number of carbonyl (C=O) groups excluding carboxylic acids is 1. The van der Waals surface area contributed by atoms with Gasteiger partial charge in [0.25, 0.3) is 0 Å². The van der Waals surface area contributed by atoms with Crippen LogP contribution in [0.3, 0.4) is 0 Å². The fourth-order valence-electron chi connectivity index (χ4n) is 9.56. The van der Waals surface area contributed by atoms with Crippen molar-refractivity contribution in [2.45, 2.75) is 104 Å². The van der Waals surface area contributed by atoms with E-state index in [1.54, 1.807) is 0 Å². The number of amides is 1. The minimum atomic E-state index is -0.236. The molecule has 0 spiro atoms. The first-order valence-corrected chi connectivity index (χ1v) is 13.0. The number of aliphatic hydroxyl groups is 2. The summed E-state index contributed by atoms with van der Waals surface area (Å²) >= 11 is 0. The smallest absolute Gasteiger partial charge is 0.233 e. The third-order valence-electron chi connectivity index (χ3n) is 11.1. The summed E-state index contributed by atoms with van der Waals surface area (Å²) in [5.41, 5.74) is 2.79. The van der Waals surface area contributed by atoms with Gasteiger partial charge >= 0.3 is 0 Å². The summed E-state index contributed by atoms with van der Waals surface area (Å²) in [5, 5.41) is 22.2. The number of nitrogens with two attached hydrogens (primary N) is 1. The first-order valence-electron chi connectivity index (χ1n) is 13.0. The normalized spacial score (nSPS) is 50.2. The van der Waals surface area contributed by atoms with Crippen LogP contribution in [0.25, 0.3) is 0 Å². The van der Waals surface area contributed by atoms with Gasteiger partial charge in [-0.2, -0.15) is 0 Å². The fourth-order valence-corrected chi connectivity index (χ4v) is 9.56. The van der Waals surface area contributed by atoms with Gasteiger partial charge in [0.1, 0.15) is 0 Å². The molecule has 0 heterocycles. The highest BCUT2D eigenvalue weighted by molar-refractivity contribution is 5.75. The molecule has 0 radical (unpaired) electrons. The zero-order chi connectivity index (χ0) is 22.6. The molecule has 0 aromatic carbocycles. The van der Waals surface area contributed by atoms with Gasteiger partial charge in [-0.05, 0) is 104 Å². The Bertz CT molecular complexity index is 671. The number of rotatable bonds is 5. The third-order valence-corrected chi connectivity index (χ3v) is 11.1. The molecule has 0 aromatic heterocycles. The maximum absolute atomic E-state index is 11.7. The van der Waals surface area contributed by atoms with E-state index in [0.717, 1.165) is 32.1 Å². The largest absolute Gasteiger partial charge is 0.393 e. The lowest BCUT2D eigenvalue weighted by Crippen LogP contribution is -2.62. The minimum absolute atomic E-state index is 0.0674. The van der Waals surface area contributed by atoms with E-state index in [4.69, 9.17) is 5.84 Å². The highest BCUT2D eigenvalue weighted by Gasteiger charge is 2.64. The van der Waals surface area contributed by atoms with Crippen LogP contribution < -0.4 is 11.3 Å². The highest BCUT2D eigenvalue weighted by atomic mass is 16.3. The number of fused-ring (bicyclic) bond motifs is 5. The van der Waals surface area contributed by atoms with Crippen molar-refractivity contribution in [2.24, 2.45) is 58.1 Å². The van der Waals surface area contributed by atoms with Crippen molar-refractivity contribution >= 4 is 5.91 Å². The quantitative estimate of drug-likeness (QED) is 0.299. The molecule has 5 N–H and O–H groups in total. The van der Waals surface area contributed by atoms with Gasteiger partial charge in [-0.1, -0.05) is 34.1 Å². The van der Waals surface area contributed by atoms with Crippen molar-refractivity contribution in [3.63, 3.8) is 0 Å². The Balaban J connectivity index is 1.58. The van der Waals surface area contributed by atoms with Gasteiger partial charge in [-0.25, -0.2) is 5.84 Å². The number of nitrogens with one attached hydrogen (secondary N) is 1. The molecule has 4 unspecified atom stereocenters. The fraction of sp³-hybridized carbons (Fsp3) is 0.962. The standard InChI is InChI=1S/C26H46N2O3/c1-5-17-21-14-16(29)10-12-26(21,4)20-11-13-25(3)18(15(2)6-9-22(30)28-27)7-8-19(25)23(20)24(17)31/h15-21,23-24,29,31H,5-14,27H2,1-4H3,(H,28,30)/t15-,16-,17-,18?,19+,20+,21?,23+,24-,25?,26?/m1/s1. The van der Waals surface area contributed by atoms with Gasteiger partial charge in [-0.3, -0.25) is 10.2 Å². The van der Waals surface area contributed by atoms with E-state index < -0.39 is 0 Å². The Labute approximate surface area is 188 Å². The molecule has 178 valence electrons. The first-order chi connectivity index (χ1) is 14.7. The van der Waals surface area contributed by atoms with Gasteiger partial charge in [0.15, 0.2) is 0 Å². The monoisotopic (exact) mass is 434 g/mol. The third kappa shape index (κ3) is 3.67. The van der Waals surface area contributed by atoms with Crippen molar-refractivity contribution < 1.29 is 15.0 Å². The predicted molar refractivity (Wildman–Crippen MR) is 123 cm³/mol. The summed E-state index contributed by atoms with van der Waals surface area (Å²) in [7, 11) is 0. The predicted octanol–water partition coefficient (Wildman–Crippen LogP) is 4.02. The Hall–Kier alpha value is -0.650. The molecular weight excluding hydrogens is 388 g/mol. The lowest BCUT2D eigenvalue weighted by molar-refractivity contribution is -0.203. The summed E-state index contributed by atoms with van der Waals surface area (Å²) < 4.78 is 0. The molecule has 5 heteroatoms. The highest BCUT2D eigenvalue weighted by Crippen LogP contribution is 2.69. The number of hydrazine groups is 1. The minimum Gasteiger partial charge on any atom is -0.393 e. The summed E-state index contributed by atoms with van der Waals surface area (Å²) in [6, 6.07) is 0. The second kappa shape index (κ2) is 8.61. The molecular formula is C26H46N2O3. The Morgan fingerprint density at radius 1 is 1.06 bits per heavy atom. The maximum Gasteiger partial charge on any atom is 0.233 e. The van der Waals surface area contributed by atoms with Gasteiger partial charge in [0, 0.05) is 6.42 Å². The van der Waals surface area contributed by atoms with Crippen molar-refractivity contribution in [2.75, 3.05) is 0 Å². The number of hydrogen-bond donors (Lipinski definition) is 4. The van der Waals surface area contributed by atoms with Crippen LogP contribution in [0, 0.1) is 52.3 Å². The Kier molecular flexibility index (Phi) is 6.53. The second-order valence-corrected chi connectivity index (χ2v) is 12.2. The van der Waals surface area contributed by atoms with E-state index in [-0.39, 0.29) is 28.9 Å². The van der Waals surface area contributed by atoms with Crippen molar-refractivity contribution in [3.05, 3.63) is 0 Å². The molecule has 4 saturated carbocycles. The van der Waals surface area contributed by atoms with E-state index in [2.05, 4.69) is 33.1 Å². The zero-order valence-corrected chi connectivity index (χ0v) is 20.1. The molecule has 0 saturated heterocycles. The average molecular weight is 435 g/mol. The molecule has 4 rings (SSSR count). The molecule has 1 amide bonds. The van der Waals surface area contributed by atoms with Gasteiger partial charge < -0.3 is 10.2 Å². The van der Waals surface area contributed by atoms with Crippen LogP contribution in [0.2, 0.25) is 0 Å². The van der Waals surface area contributed by atoms with Gasteiger partial charge in [-0.15, -0.1) is 0 Å². The van der Waals surface area contributed by atoms with Crippen molar-refractivity contribution in [1.29, 1.82) is 0 Å². The Morgan fingerprint density at radius 3 is 2.42 bits per heavy atom. The van der Waals surface area contributed by atoms with E-state index in [9.17, 15) is 15.0 Å². The Morgan fingerprint density at radius 2 is 1.74 bits per heavy atom. The molecule has 4 aliphatic rings. The lowest BCUT2D eigenvalue weighted by atomic mass is 9.41. The summed E-state index contributed by atoms with van der Waals surface area (Å²) in [5.74, 6) is 8.66. The average Bonchev–Trinajstić information content (AvgIpc) is 3.10. The van der Waals surface area contributed by atoms with E-state index >= 15 is 0 Å². The SMILES string of the molecule is CC[C@@H]1C2C[C@H](O)CCC2(C)[C@H]2CCC3(C)C([C@H](C)CCC(=O)NN)CC[C@H]3[C@@H]2[C@@H]1O. The first kappa shape index (κ1) is 23.5. The van der Waals surface area contributed by atoms with Crippen LogP contribution >= 0.6 is 0 Å². The molecule has 11 atom stereocenters. The second-order valence-electron chi connectivity index (χ2n) is 12.2. The molecule has 4 fully saturated rings. The zero-order valence-electron chi connectivity index (χ0n) is 20.1. The number of hydrogen-bond acceptors (Lipinski definition) is 4. The number of aliphatic hydroxyl groups excluding tert-OH is 2. The van der Waals surface area contributed by atoms with Crippen LogP contribution in [0.4, 0.5) is 0 Å². The van der Waals surface area contributed by atoms with Crippen molar-refractivity contribution in [3.8, 4) is 0 Å². The molecule has 0 bridgehead atoms. The van der Waals surface area contributed by atoms with E-state index in [1.165, 1.54) is 25.7 Å². The van der Waals surface area contributed by atoms with Crippen LogP contribution in [-0.2, 0) is 4.79 Å². The summed E-state index contributed by atoms with van der Waals surface area (Å²) in [6.45, 7) is 9.55. The van der Waals surface area contributed by atoms with Gasteiger partial charge in [0.2, 0.25) is 5.91 Å². The van der Waals surface area contributed by atoms with Gasteiger partial charge in [0.05, 0.1) is 12.2 Å². The summed E-state index contributed by atoms with van der Waals surface area (Å²) in [6.07, 6.45) is 9.78. The maximum atomic E-state index is 11.7. The topological polar surface area (TPSA) is 95.6 Å². The lowest BCUT2D eigenvalue weighted by Gasteiger charge is -2.64. The van der Waals surface area contributed by atoms with Crippen LogP contribution in [0.5, 0.6) is 0 Å². The summed E-state index contributed by atoms with van der Waals surface area (Å²) in [4.78, 5) is 11.7. The van der Waals surface area contributed by atoms with Crippen LogP contribution in [-0.4, -0.2) is 28.3 Å². The van der Waals surface area contributed by atoms with Crippen LogP contribution in [0.1, 0.15) is 91.9 Å². The molecule has 0 aliphatic heterocycles. The molecule has 31 heavy (non-hydrogen) atoms. The molecule has 0 aromatic rings. The van der Waals surface area contributed by atoms with E-state index in [1.807, 2.05) is 0 Å². The van der Waals surface area contributed by atoms with Crippen LogP contribution in [0.15, 0.2) is 0 Å². The van der Waals surface area contributed by atoms with Crippen molar-refractivity contribution in [1.82, 2.24) is 5.43 Å². The molecule has 5 nitrogen and oxygen atoms in total. The number of carbonyl (C=O) groups is 1.